The molecule has 4 amide bonds. The van der Waals surface area contributed by atoms with Crippen molar-refractivity contribution in [3.05, 3.63) is 53.4 Å². The first-order valence-corrected chi connectivity index (χ1v) is 16.2. The Morgan fingerprint density at radius 1 is 1.00 bits per heavy atom. The minimum absolute atomic E-state index is 0. The Morgan fingerprint density at radius 3 is 2.38 bits per heavy atom. The van der Waals surface area contributed by atoms with Crippen LogP contribution in [0.1, 0.15) is 98.1 Å². The van der Waals surface area contributed by atoms with Crippen LogP contribution in [0.4, 0.5) is 0 Å². The molecule has 2 aliphatic rings. The van der Waals surface area contributed by atoms with E-state index in [1.807, 2.05) is 36.9 Å². The summed E-state index contributed by atoms with van der Waals surface area (Å²) >= 11 is 0. The van der Waals surface area contributed by atoms with Gasteiger partial charge in [0.05, 0.1) is 6.20 Å². The van der Waals surface area contributed by atoms with E-state index in [0.717, 1.165) is 44.1 Å². The molecule has 1 aliphatic heterocycles. The molecule has 1 aromatic carbocycles. The molecule has 0 radical (unpaired) electrons. The van der Waals surface area contributed by atoms with E-state index in [0.29, 0.717) is 49.9 Å². The fourth-order valence-electron chi connectivity index (χ4n) is 6.17. The molecule has 1 aromatic heterocycles. The van der Waals surface area contributed by atoms with E-state index in [1.54, 1.807) is 6.07 Å². The molecule has 4 rings (SSSR count). The van der Waals surface area contributed by atoms with Gasteiger partial charge in [-0.25, -0.2) is 0 Å². The zero-order valence-corrected chi connectivity index (χ0v) is 27.3. The first kappa shape index (κ1) is 36.0. The van der Waals surface area contributed by atoms with Crippen molar-refractivity contribution in [3.63, 3.8) is 0 Å². The number of benzene rings is 1. The average molecular weight is 645 g/mol. The Bertz CT molecular complexity index is 1240. The van der Waals surface area contributed by atoms with Gasteiger partial charge >= 0.3 is 0 Å². The third-order valence-electron chi connectivity index (χ3n) is 9.25. The Labute approximate surface area is 272 Å². The minimum Gasteiger partial charge on any atom is -0.351 e. The Balaban J connectivity index is 0.00000552. The summed E-state index contributed by atoms with van der Waals surface area (Å²) in [5, 5.41) is 12.3. The molecular formula is C33H49ClN6O5. The van der Waals surface area contributed by atoms with E-state index < -0.39 is 23.9 Å². The summed E-state index contributed by atoms with van der Waals surface area (Å²) in [6, 6.07) is 7.14. The van der Waals surface area contributed by atoms with Crippen LogP contribution >= 0.6 is 12.4 Å². The third kappa shape index (κ3) is 10.3. The van der Waals surface area contributed by atoms with Gasteiger partial charge in [0.1, 0.15) is 12.1 Å². The number of nitrogens with one attached hydrogen (secondary N) is 3. The second kappa shape index (κ2) is 17.9. The van der Waals surface area contributed by atoms with Gasteiger partial charge in [-0.2, -0.15) is 0 Å². The molecule has 0 bridgehead atoms. The van der Waals surface area contributed by atoms with Gasteiger partial charge < -0.3 is 31.1 Å². The summed E-state index contributed by atoms with van der Waals surface area (Å²) in [7, 11) is 0. The fraction of sp³-hybridized carbons (Fsp3) is 0.606. The van der Waals surface area contributed by atoms with Crippen LogP contribution in [-0.4, -0.2) is 65.4 Å². The highest BCUT2D eigenvalue weighted by Crippen LogP contribution is 2.28. The number of piperidine rings is 1. The van der Waals surface area contributed by atoms with E-state index in [-0.39, 0.29) is 42.4 Å². The van der Waals surface area contributed by atoms with Crippen LogP contribution in [0.3, 0.4) is 0 Å². The number of nitrogens with zero attached hydrogens (tertiary/aromatic N) is 2. The zero-order valence-electron chi connectivity index (χ0n) is 26.5. The second-order valence-corrected chi connectivity index (χ2v) is 12.4. The van der Waals surface area contributed by atoms with Crippen LogP contribution in [0.15, 0.2) is 41.1 Å². The van der Waals surface area contributed by atoms with E-state index in [1.165, 1.54) is 18.7 Å². The third-order valence-corrected chi connectivity index (χ3v) is 9.25. The zero-order chi connectivity index (χ0) is 31.5. The molecule has 1 saturated carbocycles. The molecule has 2 fully saturated rings. The lowest BCUT2D eigenvalue weighted by Gasteiger charge is -2.31. The molecule has 45 heavy (non-hydrogen) atoms. The van der Waals surface area contributed by atoms with Crippen molar-refractivity contribution < 1.29 is 23.7 Å². The summed E-state index contributed by atoms with van der Waals surface area (Å²) in [6.07, 6.45) is 9.75. The summed E-state index contributed by atoms with van der Waals surface area (Å²) < 4.78 is 5.00. The first-order valence-electron chi connectivity index (χ1n) is 16.2. The van der Waals surface area contributed by atoms with Gasteiger partial charge in [0.25, 0.3) is 11.8 Å². The number of aromatic nitrogens is 1. The van der Waals surface area contributed by atoms with Crippen LogP contribution in [0.25, 0.3) is 0 Å². The molecule has 1 aliphatic carbocycles. The van der Waals surface area contributed by atoms with Crippen LogP contribution in [0.2, 0.25) is 0 Å². The molecule has 2 heterocycles. The topological polar surface area (TPSA) is 160 Å². The molecule has 12 heteroatoms. The minimum atomic E-state index is -0.812. The first-order chi connectivity index (χ1) is 21.3. The number of hydrogen-bond acceptors (Lipinski definition) is 7. The van der Waals surface area contributed by atoms with Crippen molar-refractivity contribution in [1.82, 2.24) is 26.0 Å². The van der Waals surface area contributed by atoms with E-state index in [4.69, 9.17) is 10.3 Å². The van der Waals surface area contributed by atoms with Gasteiger partial charge in [-0.1, -0.05) is 69.7 Å². The standard InChI is InChI=1S/C33H48N6O5.ClH/c1-3-22(2)29(38-30(40)27(19-23-8-5-4-6-9-23)37-31(41)28-12-15-36-44-28)32(42)35-21-25-10-7-11-26(18-25)33(43)39-16-13-24(20-34)14-17-39;/h7,10-12,15,18,22-24,27,29H,3-6,8-9,13-14,16-17,19-21,34H2,1-2H3,(H,35,42)(H,37,41)(H,38,40);1H. The maximum absolute atomic E-state index is 13.6. The number of amides is 4. The van der Waals surface area contributed by atoms with Gasteiger partial charge in [0, 0.05) is 31.3 Å². The van der Waals surface area contributed by atoms with Crippen LogP contribution in [0, 0.1) is 17.8 Å². The average Bonchev–Trinajstić information content (AvgIpc) is 3.61. The molecule has 2 aromatic rings. The lowest BCUT2D eigenvalue weighted by Crippen LogP contribution is -2.56. The van der Waals surface area contributed by atoms with E-state index in [2.05, 4.69) is 21.1 Å². The molecule has 1 saturated heterocycles. The quantitative estimate of drug-likeness (QED) is 0.258. The number of hydrogen-bond donors (Lipinski definition) is 4. The van der Waals surface area contributed by atoms with Crippen LogP contribution in [-0.2, 0) is 16.1 Å². The van der Waals surface area contributed by atoms with Gasteiger partial charge in [-0.15, -0.1) is 12.4 Å². The van der Waals surface area contributed by atoms with Crippen molar-refractivity contribution in [2.45, 2.75) is 90.3 Å². The SMILES string of the molecule is CCC(C)C(NC(=O)C(CC1CCCCC1)NC(=O)c1ccno1)C(=O)NCc1cccc(C(=O)N2CCC(CN)CC2)c1.Cl. The summed E-state index contributed by atoms with van der Waals surface area (Å²) in [5.41, 5.74) is 7.18. The highest BCUT2D eigenvalue weighted by molar-refractivity contribution is 5.97. The number of halogens is 1. The number of carbonyl (C=O) groups is 4. The van der Waals surface area contributed by atoms with Crippen LogP contribution in [0.5, 0.6) is 0 Å². The lowest BCUT2D eigenvalue weighted by molar-refractivity contribution is -0.131. The second-order valence-electron chi connectivity index (χ2n) is 12.4. The molecule has 5 N–H and O–H groups in total. The van der Waals surface area contributed by atoms with E-state index >= 15 is 0 Å². The smallest absolute Gasteiger partial charge is 0.290 e. The Hall–Kier alpha value is -3.44. The maximum Gasteiger partial charge on any atom is 0.290 e. The monoisotopic (exact) mass is 644 g/mol. The highest BCUT2D eigenvalue weighted by Gasteiger charge is 2.32. The van der Waals surface area contributed by atoms with Gasteiger partial charge in [0.15, 0.2) is 0 Å². The largest absolute Gasteiger partial charge is 0.351 e. The predicted octanol–water partition coefficient (Wildman–Crippen LogP) is 3.82. The number of carbonyl (C=O) groups excluding carboxylic acids is 4. The molecule has 3 unspecified atom stereocenters. The van der Waals surface area contributed by atoms with Crippen LogP contribution < -0.4 is 21.7 Å². The molecule has 248 valence electrons. The lowest BCUT2D eigenvalue weighted by atomic mass is 9.84. The van der Waals surface area contributed by atoms with Crippen molar-refractivity contribution >= 4 is 36.0 Å². The molecule has 11 nitrogen and oxygen atoms in total. The normalized spacial score (nSPS) is 17.8. The van der Waals surface area contributed by atoms with Crippen molar-refractivity contribution in [2.75, 3.05) is 19.6 Å². The van der Waals surface area contributed by atoms with Crippen molar-refractivity contribution in [3.8, 4) is 0 Å². The predicted molar refractivity (Wildman–Crippen MR) is 174 cm³/mol. The number of rotatable bonds is 13. The van der Waals surface area contributed by atoms with E-state index in [9.17, 15) is 19.2 Å². The molecule has 3 atom stereocenters. The summed E-state index contributed by atoms with van der Waals surface area (Å²) in [4.78, 5) is 54.9. The van der Waals surface area contributed by atoms with Gasteiger partial charge in [0.2, 0.25) is 17.6 Å². The Morgan fingerprint density at radius 2 is 1.73 bits per heavy atom. The highest BCUT2D eigenvalue weighted by atomic mass is 35.5. The van der Waals surface area contributed by atoms with Crippen molar-refractivity contribution in [1.29, 1.82) is 0 Å². The van der Waals surface area contributed by atoms with Gasteiger partial charge in [-0.3, -0.25) is 19.2 Å². The number of likely N-dealkylation sites (tertiary alicyclic amines) is 1. The maximum atomic E-state index is 13.6. The fourth-order valence-corrected chi connectivity index (χ4v) is 6.17. The summed E-state index contributed by atoms with van der Waals surface area (Å²) in [5.74, 6) is -0.580. The Kier molecular flexibility index (Phi) is 14.3. The summed E-state index contributed by atoms with van der Waals surface area (Å²) in [6.45, 7) is 6.13. The number of nitrogens with two attached hydrogens (primary N) is 1. The molecule has 0 spiro atoms. The molecular weight excluding hydrogens is 596 g/mol. The van der Waals surface area contributed by atoms with Gasteiger partial charge in [-0.05, 0) is 61.3 Å². The van der Waals surface area contributed by atoms with Crippen molar-refractivity contribution in [2.24, 2.45) is 23.5 Å².